The second kappa shape index (κ2) is 10.1. The smallest absolute Gasteiger partial charge is 0.129 e. The number of aromatic nitrogens is 1. The Bertz CT molecular complexity index is 1130. The minimum absolute atomic E-state index is 0.531. The summed E-state index contributed by atoms with van der Waals surface area (Å²) in [7, 11) is 1.67. The summed E-state index contributed by atoms with van der Waals surface area (Å²) in [6, 6.07) is 16.1. The summed E-state index contributed by atoms with van der Waals surface area (Å²) < 4.78 is 5.65. The third-order valence-corrected chi connectivity index (χ3v) is 5.65. The summed E-state index contributed by atoms with van der Waals surface area (Å²) in [4.78, 5) is 10.3. The van der Waals surface area contributed by atoms with Crippen LogP contribution in [0.15, 0.2) is 77.7 Å². The van der Waals surface area contributed by atoms with Crippen LogP contribution in [0.3, 0.4) is 0 Å². The van der Waals surface area contributed by atoms with Gasteiger partial charge in [0.05, 0.1) is 22.7 Å². The highest BCUT2D eigenvalue weighted by Crippen LogP contribution is 2.38. The van der Waals surface area contributed by atoms with Crippen LogP contribution in [0, 0.1) is 13.8 Å². The van der Waals surface area contributed by atoms with E-state index < -0.39 is 0 Å². The van der Waals surface area contributed by atoms with Gasteiger partial charge in [0.1, 0.15) is 11.6 Å². The highest BCUT2D eigenvalue weighted by Gasteiger charge is 2.13. The molecule has 0 saturated heterocycles. The van der Waals surface area contributed by atoms with Crippen LogP contribution in [0.25, 0.3) is 10.4 Å². The Labute approximate surface area is 188 Å². The number of ether oxygens (including phenoxy) is 1. The van der Waals surface area contributed by atoms with Crippen LogP contribution in [-0.2, 0) is 6.42 Å². The molecule has 0 amide bonds. The Morgan fingerprint density at radius 3 is 2.58 bits per heavy atom. The van der Waals surface area contributed by atoms with E-state index in [1.807, 2.05) is 63.2 Å². The number of aryl methyl sites for hydroxylation is 2. The van der Waals surface area contributed by atoms with Crippen LogP contribution in [0.2, 0.25) is 0 Å². The van der Waals surface area contributed by atoms with Gasteiger partial charge in [-0.3, -0.25) is 0 Å². The average molecular weight is 433 g/mol. The number of nitrogens with zero attached hydrogens (tertiary/aromatic N) is 2. The molecule has 1 heterocycles. The maximum atomic E-state index is 5.91. The van der Waals surface area contributed by atoms with E-state index in [1.54, 1.807) is 18.4 Å². The number of allylic oxidation sites excluding steroid dienone is 2. The van der Waals surface area contributed by atoms with Crippen LogP contribution >= 0.6 is 11.3 Å². The van der Waals surface area contributed by atoms with Gasteiger partial charge in [-0.25, -0.2) is 9.98 Å². The first-order chi connectivity index (χ1) is 14.9. The number of methoxy groups -OCH3 is 1. The van der Waals surface area contributed by atoms with E-state index in [0.717, 1.165) is 43.9 Å². The number of nitrogens with one attached hydrogen (secondary N) is 1. The second-order valence-corrected chi connectivity index (χ2v) is 8.49. The molecule has 0 saturated carbocycles. The first-order valence-corrected chi connectivity index (χ1v) is 10.8. The summed E-state index contributed by atoms with van der Waals surface area (Å²) in [6.07, 6.45) is 2.54. The average Bonchev–Trinajstić information content (AvgIpc) is 3.05. The summed E-state index contributed by atoms with van der Waals surface area (Å²) in [5, 5.41) is 4.30. The summed E-state index contributed by atoms with van der Waals surface area (Å²) in [6.45, 7) is 9.95. The van der Waals surface area contributed by atoms with Crippen LogP contribution in [0.5, 0.6) is 5.75 Å². The fourth-order valence-corrected chi connectivity index (χ4v) is 4.25. The highest BCUT2D eigenvalue weighted by molar-refractivity contribution is 7.15. The Morgan fingerprint density at radius 2 is 1.97 bits per heavy atom. The molecule has 5 nitrogen and oxygen atoms in total. The number of hydrogen-bond donors (Lipinski definition) is 2. The third kappa shape index (κ3) is 6.06. The van der Waals surface area contributed by atoms with Gasteiger partial charge in [0.2, 0.25) is 0 Å². The lowest BCUT2D eigenvalue weighted by atomic mass is 10.1. The van der Waals surface area contributed by atoms with Crippen molar-refractivity contribution < 1.29 is 4.74 Å². The van der Waals surface area contributed by atoms with Crippen LogP contribution in [0.4, 0.5) is 5.69 Å². The van der Waals surface area contributed by atoms with Crippen LogP contribution in [0.1, 0.15) is 23.2 Å². The lowest BCUT2D eigenvalue weighted by molar-refractivity contribution is 0.416. The van der Waals surface area contributed by atoms with Gasteiger partial charge in [0.15, 0.2) is 0 Å². The molecule has 0 unspecified atom stereocenters. The molecule has 1 aromatic heterocycles. The fraction of sp³-hybridized carbons (Fsp3) is 0.200. The lowest BCUT2D eigenvalue weighted by Crippen LogP contribution is -2.06. The zero-order valence-corrected chi connectivity index (χ0v) is 19.2. The predicted molar refractivity (Wildman–Crippen MR) is 132 cm³/mol. The van der Waals surface area contributed by atoms with Crippen LogP contribution in [-0.4, -0.2) is 17.8 Å². The van der Waals surface area contributed by atoms with E-state index in [-0.39, 0.29) is 0 Å². The molecular formula is C25H28N4OS. The number of rotatable bonds is 8. The molecule has 0 aliphatic carbocycles. The van der Waals surface area contributed by atoms with Crippen LogP contribution < -0.4 is 15.8 Å². The SMILES string of the molecule is C=C(/N=C(\C=C(\C)N)Cc1ccccc1)Nc1ccc(-c2sc(C)nc2C)c(OC)c1. The third-order valence-electron chi connectivity index (χ3n) is 4.54. The van der Waals surface area contributed by atoms with Crippen molar-refractivity contribution in [2.75, 3.05) is 12.4 Å². The minimum atomic E-state index is 0.531. The Hall–Kier alpha value is -3.38. The molecule has 0 bridgehead atoms. The van der Waals surface area contributed by atoms with Crippen molar-refractivity contribution >= 4 is 22.7 Å². The van der Waals surface area contributed by atoms with Gasteiger partial charge in [0.25, 0.3) is 0 Å². The number of hydrogen-bond acceptors (Lipinski definition) is 6. The van der Waals surface area contributed by atoms with Crippen molar-refractivity contribution in [3.05, 3.63) is 89.0 Å². The number of aliphatic imine (C=N–C) groups is 1. The Balaban J connectivity index is 1.82. The monoisotopic (exact) mass is 432 g/mol. The van der Waals surface area contributed by atoms with E-state index >= 15 is 0 Å². The fourth-order valence-electron chi connectivity index (χ4n) is 3.30. The standard InChI is InChI=1S/C25H28N4OS/c1-16(26)13-22(14-20-9-7-6-8-10-20)29-18(3)28-21-11-12-23(24(15-21)30-5)25-17(2)27-19(4)31-25/h6-13,15,28H,3,14,26H2,1-2,4-5H3/b16-13-,29-22+. The topological polar surface area (TPSA) is 72.5 Å². The van der Waals surface area contributed by atoms with Gasteiger partial charge < -0.3 is 15.8 Å². The molecular weight excluding hydrogens is 404 g/mol. The molecule has 0 fully saturated rings. The van der Waals surface area contributed by atoms with E-state index in [0.29, 0.717) is 17.9 Å². The van der Waals surface area contributed by atoms with Crippen molar-refractivity contribution in [2.45, 2.75) is 27.2 Å². The van der Waals surface area contributed by atoms with Crippen molar-refractivity contribution in [1.82, 2.24) is 4.98 Å². The Kier molecular flexibility index (Phi) is 7.26. The summed E-state index contributed by atoms with van der Waals surface area (Å²) >= 11 is 1.66. The number of thiazole rings is 1. The van der Waals surface area contributed by atoms with Gasteiger partial charge in [-0.05, 0) is 44.5 Å². The Morgan fingerprint density at radius 1 is 1.23 bits per heavy atom. The number of nitrogens with two attached hydrogens (primary N) is 1. The normalized spacial score (nSPS) is 12.0. The molecule has 0 spiro atoms. The first kappa shape index (κ1) is 22.3. The molecule has 0 atom stereocenters. The van der Waals surface area contributed by atoms with Crippen molar-refractivity contribution in [3.63, 3.8) is 0 Å². The maximum absolute atomic E-state index is 5.91. The minimum Gasteiger partial charge on any atom is -0.496 e. The van der Waals surface area contributed by atoms with Crippen molar-refractivity contribution in [1.29, 1.82) is 0 Å². The van der Waals surface area contributed by atoms with Gasteiger partial charge in [0, 0.05) is 35.1 Å². The lowest BCUT2D eigenvalue weighted by Gasteiger charge is -2.12. The van der Waals surface area contributed by atoms with Crippen molar-refractivity contribution in [3.8, 4) is 16.2 Å². The van der Waals surface area contributed by atoms with Gasteiger partial charge in [-0.1, -0.05) is 36.9 Å². The molecule has 160 valence electrons. The quantitative estimate of drug-likeness (QED) is 0.437. The van der Waals surface area contributed by atoms with E-state index in [2.05, 4.69) is 34.0 Å². The van der Waals surface area contributed by atoms with Gasteiger partial charge in [-0.2, -0.15) is 0 Å². The molecule has 6 heteroatoms. The first-order valence-electron chi connectivity index (χ1n) is 9.99. The van der Waals surface area contributed by atoms with E-state index in [9.17, 15) is 0 Å². The molecule has 3 rings (SSSR count). The molecule has 0 aliphatic heterocycles. The zero-order valence-electron chi connectivity index (χ0n) is 18.4. The molecule has 3 N–H and O–H groups in total. The van der Waals surface area contributed by atoms with E-state index in [4.69, 9.17) is 10.5 Å². The van der Waals surface area contributed by atoms with E-state index in [1.165, 1.54) is 0 Å². The predicted octanol–water partition coefficient (Wildman–Crippen LogP) is 5.86. The molecule has 3 aromatic rings. The molecule has 2 aromatic carbocycles. The summed E-state index contributed by atoms with van der Waals surface area (Å²) in [5.41, 5.74) is 11.5. The maximum Gasteiger partial charge on any atom is 0.129 e. The molecule has 31 heavy (non-hydrogen) atoms. The highest BCUT2D eigenvalue weighted by atomic mass is 32.1. The number of benzene rings is 2. The number of anilines is 1. The molecule has 0 radical (unpaired) electrons. The summed E-state index contributed by atoms with van der Waals surface area (Å²) in [5.74, 6) is 1.30. The second-order valence-electron chi connectivity index (χ2n) is 7.29. The zero-order chi connectivity index (χ0) is 22.4. The van der Waals surface area contributed by atoms with Gasteiger partial charge in [-0.15, -0.1) is 11.3 Å². The van der Waals surface area contributed by atoms with Crippen molar-refractivity contribution in [2.24, 2.45) is 10.7 Å². The van der Waals surface area contributed by atoms with Gasteiger partial charge >= 0.3 is 0 Å². The largest absolute Gasteiger partial charge is 0.496 e. The molecule has 0 aliphatic rings.